The van der Waals surface area contributed by atoms with Crippen LogP contribution in [0.4, 0.5) is 0 Å². The largest absolute Gasteiger partial charge is 0.268 e. The van der Waals surface area contributed by atoms with Crippen molar-refractivity contribution < 1.29 is 8.42 Å². The average Bonchev–Trinajstić information content (AvgIpc) is 3.14. The van der Waals surface area contributed by atoms with Crippen molar-refractivity contribution >= 4 is 20.9 Å². The number of rotatable bonds is 3. The van der Waals surface area contributed by atoms with E-state index >= 15 is 0 Å². The van der Waals surface area contributed by atoms with E-state index in [1.807, 2.05) is 42.6 Å². The lowest BCUT2D eigenvalue weighted by molar-refractivity contribution is 0.589. The van der Waals surface area contributed by atoms with Crippen LogP contribution in [0.5, 0.6) is 0 Å². The Bertz CT molecular complexity index is 1270. The minimum absolute atomic E-state index is 0.274. The van der Waals surface area contributed by atoms with E-state index in [2.05, 4.69) is 11.1 Å². The van der Waals surface area contributed by atoms with Gasteiger partial charge in [0.15, 0.2) is 0 Å². The summed E-state index contributed by atoms with van der Waals surface area (Å²) in [5, 5.41) is 0.886. The SMILES string of the molecule is O=S(=O)(c1ccccc1)n1c(-c2cc3c(cn2)CCCC3)cc2ccccc21. The summed E-state index contributed by atoms with van der Waals surface area (Å²) in [6.45, 7) is 0. The van der Waals surface area contributed by atoms with Crippen LogP contribution in [0.1, 0.15) is 24.0 Å². The third kappa shape index (κ3) is 2.74. The maximum Gasteiger partial charge on any atom is 0.268 e. The monoisotopic (exact) mass is 388 g/mol. The van der Waals surface area contributed by atoms with E-state index in [4.69, 9.17) is 0 Å². The fourth-order valence-electron chi connectivity index (χ4n) is 4.02. The third-order valence-electron chi connectivity index (χ3n) is 5.44. The number of nitrogens with zero attached hydrogens (tertiary/aromatic N) is 2. The number of benzene rings is 2. The van der Waals surface area contributed by atoms with E-state index in [1.54, 1.807) is 24.3 Å². The minimum Gasteiger partial charge on any atom is -0.254 e. The molecule has 0 unspecified atom stereocenters. The van der Waals surface area contributed by atoms with E-state index in [0.29, 0.717) is 16.9 Å². The second-order valence-electron chi connectivity index (χ2n) is 7.22. The van der Waals surface area contributed by atoms with Crippen LogP contribution in [0.15, 0.2) is 77.8 Å². The van der Waals surface area contributed by atoms with Crippen LogP contribution in [-0.4, -0.2) is 17.4 Å². The first kappa shape index (κ1) is 17.2. The Morgan fingerprint density at radius 3 is 2.36 bits per heavy atom. The lowest BCUT2D eigenvalue weighted by Gasteiger charge is -2.17. The zero-order valence-corrected chi connectivity index (χ0v) is 16.2. The molecule has 0 saturated heterocycles. The molecule has 1 aliphatic carbocycles. The number of para-hydroxylation sites is 1. The molecule has 2 aromatic heterocycles. The molecule has 2 heterocycles. The molecule has 0 aliphatic heterocycles. The Labute approximate surface area is 164 Å². The molecule has 0 bridgehead atoms. The Balaban J connectivity index is 1.78. The molecule has 5 rings (SSSR count). The number of pyridine rings is 1. The highest BCUT2D eigenvalue weighted by Gasteiger charge is 2.24. The first-order valence-corrected chi connectivity index (χ1v) is 11.0. The van der Waals surface area contributed by atoms with E-state index in [1.165, 1.54) is 27.9 Å². The van der Waals surface area contributed by atoms with Gasteiger partial charge in [0.1, 0.15) is 0 Å². The van der Waals surface area contributed by atoms with Crippen LogP contribution in [0, 0.1) is 0 Å². The van der Waals surface area contributed by atoms with Gasteiger partial charge in [-0.05, 0) is 67.1 Å². The molecule has 5 heteroatoms. The van der Waals surface area contributed by atoms with Gasteiger partial charge in [-0.2, -0.15) is 0 Å². The minimum atomic E-state index is -3.75. The fourth-order valence-corrected chi connectivity index (χ4v) is 5.56. The van der Waals surface area contributed by atoms with E-state index < -0.39 is 10.0 Å². The molecule has 0 atom stereocenters. The molecule has 0 N–H and O–H groups in total. The maximum absolute atomic E-state index is 13.5. The van der Waals surface area contributed by atoms with Gasteiger partial charge in [-0.15, -0.1) is 0 Å². The molecule has 4 aromatic rings. The van der Waals surface area contributed by atoms with Gasteiger partial charge in [-0.3, -0.25) is 4.98 Å². The van der Waals surface area contributed by atoms with Crippen LogP contribution < -0.4 is 0 Å². The molecule has 0 radical (unpaired) electrons. The maximum atomic E-state index is 13.5. The zero-order valence-electron chi connectivity index (χ0n) is 15.4. The normalized spacial score (nSPS) is 14.1. The van der Waals surface area contributed by atoms with Crippen LogP contribution >= 0.6 is 0 Å². The summed E-state index contributed by atoms with van der Waals surface area (Å²) in [6, 6.07) is 20.1. The first-order chi connectivity index (χ1) is 13.6. The molecule has 0 saturated carbocycles. The number of hydrogen-bond acceptors (Lipinski definition) is 3. The Morgan fingerprint density at radius 2 is 1.54 bits per heavy atom. The van der Waals surface area contributed by atoms with Gasteiger partial charge in [0.2, 0.25) is 0 Å². The number of fused-ring (bicyclic) bond motifs is 2. The topological polar surface area (TPSA) is 52.0 Å². The van der Waals surface area contributed by atoms with Crippen molar-refractivity contribution in [2.24, 2.45) is 0 Å². The van der Waals surface area contributed by atoms with E-state index in [0.717, 1.165) is 18.2 Å². The van der Waals surface area contributed by atoms with Crippen molar-refractivity contribution in [1.29, 1.82) is 0 Å². The smallest absolute Gasteiger partial charge is 0.254 e. The van der Waals surface area contributed by atoms with Crippen LogP contribution in [0.25, 0.3) is 22.3 Å². The Hall–Kier alpha value is -2.92. The van der Waals surface area contributed by atoms with Crippen molar-refractivity contribution in [3.05, 3.63) is 84.1 Å². The highest BCUT2D eigenvalue weighted by molar-refractivity contribution is 7.90. The molecule has 4 nitrogen and oxygen atoms in total. The Morgan fingerprint density at radius 1 is 0.821 bits per heavy atom. The lowest BCUT2D eigenvalue weighted by Crippen LogP contribution is -2.14. The van der Waals surface area contributed by atoms with Crippen molar-refractivity contribution in [2.45, 2.75) is 30.6 Å². The molecule has 1 aliphatic rings. The van der Waals surface area contributed by atoms with Crippen LogP contribution in [0.3, 0.4) is 0 Å². The lowest BCUT2D eigenvalue weighted by atomic mass is 9.92. The molecular formula is C23H20N2O2S. The number of aryl methyl sites for hydroxylation is 2. The van der Waals surface area contributed by atoms with Gasteiger partial charge in [0.25, 0.3) is 10.0 Å². The molecule has 0 fully saturated rings. The first-order valence-electron chi connectivity index (χ1n) is 9.54. The summed E-state index contributed by atoms with van der Waals surface area (Å²) in [5.41, 5.74) is 4.55. The van der Waals surface area contributed by atoms with Crippen molar-refractivity contribution in [3.8, 4) is 11.4 Å². The third-order valence-corrected chi connectivity index (χ3v) is 7.18. The molecule has 0 spiro atoms. The van der Waals surface area contributed by atoms with Gasteiger partial charge in [-0.25, -0.2) is 12.4 Å². The highest BCUT2D eigenvalue weighted by atomic mass is 32.2. The summed E-state index contributed by atoms with van der Waals surface area (Å²) in [5.74, 6) is 0. The zero-order chi connectivity index (χ0) is 19.1. The average molecular weight is 388 g/mol. The van der Waals surface area contributed by atoms with Gasteiger partial charge in [0.05, 0.1) is 21.8 Å². The second-order valence-corrected chi connectivity index (χ2v) is 9.00. The summed E-state index contributed by atoms with van der Waals surface area (Å²) < 4.78 is 28.5. The molecule has 28 heavy (non-hydrogen) atoms. The summed E-state index contributed by atoms with van der Waals surface area (Å²) >= 11 is 0. The quantitative estimate of drug-likeness (QED) is 0.506. The predicted molar refractivity (Wildman–Crippen MR) is 111 cm³/mol. The number of hydrogen-bond donors (Lipinski definition) is 0. The summed E-state index contributed by atoms with van der Waals surface area (Å²) in [4.78, 5) is 4.91. The van der Waals surface area contributed by atoms with Gasteiger partial charge < -0.3 is 0 Å². The highest BCUT2D eigenvalue weighted by Crippen LogP contribution is 2.33. The van der Waals surface area contributed by atoms with Gasteiger partial charge in [0, 0.05) is 11.6 Å². The van der Waals surface area contributed by atoms with Crippen molar-refractivity contribution in [3.63, 3.8) is 0 Å². The summed E-state index contributed by atoms with van der Waals surface area (Å²) in [7, 11) is -3.75. The second kappa shape index (κ2) is 6.60. The Kier molecular flexibility index (Phi) is 4.05. The summed E-state index contributed by atoms with van der Waals surface area (Å²) in [6.07, 6.45) is 6.35. The van der Waals surface area contributed by atoms with E-state index in [9.17, 15) is 8.42 Å². The molecule has 140 valence electrons. The van der Waals surface area contributed by atoms with Crippen LogP contribution in [-0.2, 0) is 22.9 Å². The van der Waals surface area contributed by atoms with Gasteiger partial charge in [-0.1, -0.05) is 36.4 Å². The standard InChI is InChI=1S/C23H20N2O2S/c26-28(27,20-11-2-1-3-12-20)25-22-13-7-6-9-18(22)15-23(25)21-14-17-8-4-5-10-19(17)16-24-21/h1-3,6-7,9,11-16H,4-5,8,10H2. The van der Waals surface area contributed by atoms with E-state index in [-0.39, 0.29) is 4.90 Å². The van der Waals surface area contributed by atoms with Gasteiger partial charge >= 0.3 is 0 Å². The number of aromatic nitrogens is 2. The predicted octanol–water partition coefficient (Wildman–Crippen LogP) is 4.82. The van der Waals surface area contributed by atoms with Crippen LogP contribution in [0.2, 0.25) is 0 Å². The molecule has 0 amide bonds. The van der Waals surface area contributed by atoms with Crippen molar-refractivity contribution in [2.75, 3.05) is 0 Å². The van der Waals surface area contributed by atoms with Crippen molar-refractivity contribution in [1.82, 2.24) is 8.96 Å². The fraction of sp³-hybridized carbons (Fsp3) is 0.174. The molecular weight excluding hydrogens is 368 g/mol. The molecule has 2 aromatic carbocycles.